The number of hydrogen-bond donors (Lipinski definition) is 1. The van der Waals surface area contributed by atoms with Gasteiger partial charge in [0.25, 0.3) is 0 Å². The van der Waals surface area contributed by atoms with Crippen molar-refractivity contribution in [2.45, 2.75) is 56.9 Å². The molecule has 1 amide bonds. The first-order valence-electron chi connectivity index (χ1n) is 7.53. The summed E-state index contributed by atoms with van der Waals surface area (Å²) >= 11 is 0. The van der Waals surface area contributed by atoms with Crippen molar-refractivity contribution in [2.24, 2.45) is 5.73 Å². The number of amides is 1. The Balaban J connectivity index is 1.71. The summed E-state index contributed by atoms with van der Waals surface area (Å²) in [5.41, 5.74) is 5.83. The quantitative estimate of drug-likeness (QED) is 0.906. The third kappa shape index (κ3) is 2.32. The van der Waals surface area contributed by atoms with Crippen molar-refractivity contribution in [2.75, 3.05) is 13.1 Å². The summed E-state index contributed by atoms with van der Waals surface area (Å²) in [6, 6.07) is 0. The van der Waals surface area contributed by atoms with Crippen LogP contribution in [0.4, 0.5) is 0 Å². The monoisotopic (exact) mass is 278 g/mol. The summed E-state index contributed by atoms with van der Waals surface area (Å²) in [6.45, 7) is 3.42. The minimum Gasteiger partial charge on any atom is -0.342 e. The minimum atomic E-state index is -0.380. The molecule has 110 valence electrons. The highest BCUT2D eigenvalue weighted by Gasteiger charge is 2.40. The van der Waals surface area contributed by atoms with E-state index in [0.717, 1.165) is 38.6 Å². The number of nitrogens with zero attached hydrogens (tertiary/aromatic N) is 3. The van der Waals surface area contributed by atoms with E-state index >= 15 is 0 Å². The van der Waals surface area contributed by atoms with E-state index in [1.54, 1.807) is 0 Å². The zero-order valence-electron chi connectivity index (χ0n) is 12.0. The van der Waals surface area contributed by atoms with Crippen LogP contribution in [0.3, 0.4) is 0 Å². The van der Waals surface area contributed by atoms with Crippen LogP contribution in [0, 0.1) is 0 Å². The molecule has 0 bridgehead atoms. The Morgan fingerprint density at radius 1 is 1.50 bits per heavy atom. The molecule has 3 rings (SSSR count). The van der Waals surface area contributed by atoms with Crippen LogP contribution in [0.1, 0.15) is 63.1 Å². The SMILES string of the molecule is CCC(=O)N1CCCC(c2nc(C3(N)CCC3)no2)C1. The van der Waals surface area contributed by atoms with E-state index in [9.17, 15) is 4.79 Å². The molecule has 1 aliphatic carbocycles. The summed E-state index contributed by atoms with van der Waals surface area (Å²) in [6.07, 6.45) is 5.51. The van der Waals surface area contributed by atoms with Gasteiger partial charge in [-0.15, -0.1) is 0 Å². The largest absolute Gasteiger partial charge is 0.342 e. The van der Waals surface area contributed by atoms with Gasteiger partial charge in [-0.05, 0) is 32.1 Å². The first-order valence-corrected chi connectivity index (χ1v) is 7.53. The van der Waals surface area contributed by atoms with Crippen LogP contribution in [-0.2, 0) is 10.3 Å². The van der Waals surface area contributed by atoms with Crippen molar-refractivity contribution < 1.29 is 9.32 Å². The molecule has 2 heterocycles. The molecular weight excluding hydrogens is 256 g/mol. The highest BCUT2D eigenvalue weighted by molar-refractivity contribution is 5.75. The molecule has 0 radical (unpaired) electrons. The van der Waals surface area contributed by atoms with Crippen molar-refractivity contribution in [3.8, 4) is 0 Å². The van der Waals surface area contributed by atoms with Crippen molar-refractivity contribution in [3.63, 3.8) is 0 Å². The average Bonchev–Trinajstić information content (AvgIpc) is 2.94. The summed E-state index contributed by atoms with van der Waals surface area (Å²) in [4.78, 5) is 18.2. The van der Waals surface area contributed by atoms with Gasteiger partial charge in [0.2, 0.25) is 11.8 Å². The van der Waals surface area contributed by atoms with Crippen LogP contribution < -0.4 is 5.73 Å². The number of carbonyl (C=O) groups is 1. The lowest BCUT2D eigenvalue weighted by molar-refractivity contribution is -0.132. The number of hydrogen-bond acceptors (Lipinski definition) is 5. The molecule has 6 nitrogen and oxygen atoms in total. The number of rotatable bonds is 3. The summed E-state index contributed by atoms with van der Waals surface area (Å²) in [5.74, 6) is 1.64. The second-order valence-corrected chi connectivity index (χ2v) is 6.00. The van der Waals surface area contributed by atoms with E-state index in [1.807, 2.05) is 11.8 Å². The van der Waals surface area contributed by atoms with Crippen LogP contribution >= 0.6 is 0 Å². The van der Waals surface area contributed by atoms with Crippen LogP contribution in [0.5, 0.6) is 0 Å². The van der Waals surface area contributed by atoms with E-state index < -0.39 is 0 Å². The zero-order valence-corrected chi connectivity index (χ0v) is 12.0. The Labute approximate surface area is 118 Å². The fraction of sp³-hybridized carbons (Fsp3) is 0.786. The molecule has 6 heteroatoms. The Bertz CT molecular complexity index is 495. The predicted octanol–water partition coefficient (Wildman–Crippen LogP) is 1.52. The summed E-state index contributed by atoms with van der Waals surface area (Å²) in [5, 5.41) is 4.06. The average molecular weight is 278 g/mol. The van der Waals surface area contributed by atoms with Crippen LogP contribution in [0.15, 0.2) is 4.52 Å². The van der Waals surface area contributed by atoms with Gasteiger partial charge in [-0.3, -0.25) is 4.79 Å². The molecule has 1 saturated carbocycles. The molecule has 2 N–H and O–H groups in total. The lowest BCUT2D eigenvalue weighted by Crippen LogP contribution is -2.44. The van der Waals surface area contributed by atoms with E-state index in [4.69, 9.17) is 10.3 Å². The van der Waals surface area contributed by atoms with E-state index in [1.165, 1.54) is 0 Å². The molecular formula is C14H22N4O2. The van der Waals surface area contributed by atoms with Gasteiger partial charge in [-0.25, -0.2) is 0 Å². The Morgan fingerprint density at radius 3 is 2.95 bits per heavy atom. The summed E-state index contributed by atoms with van der Waals surface area (Å²) < 4.78 is 5.41. The zero-order chi connectivity index (χ0) is 14.2. The van der Waals surface area contributed by atoms with Gasteiger partial charge >= 0.3 is 0 Å². The van der Waals surface area contributed by atoms with Crippen LogP contribution in [0.2, 0.25) is 0 Å². The number of piperidine rings is 1. The molecule has 2 aliphatic rings. The molecule has 1 unspecified atom stereocenters. The topological polar surface area (TPSA) is 85.2 Å². The second kappa shape index (κ2) is 5.16. The van der Waals surface area contributed by atoms with Gasteiger partial charge in [0.1, 0.15) is 0 Å². The van der Waals surface area contributed by atoms with Gasteiger partial charge < -0.3 is 15.2 Å². The molecule has 1 aliphatic heterocycles. The van der Waals surface area contributed by atoms with Gasteiger partial charge in [0.15, 0.2) is 5.82 Å². The third-order valence-corrected chi connectivity index (χ3v) is 4.56. The fourth-order valence-corrected chi connectivity index (χ4v) is 3.01. The fourth-order valence-electron chi connectivity index (χ4n) is 3.01. The summed E-state index contributed by atoms with van der Waals surface area (Å²) in [7, 11) is 0. The predicted molar refractivity (Wildman–Crippen MR) is 72.9 cm³/mol. The maximum absolute atomic E-state index is 11.8. The second-order valence-electron chi connectivity index (χ2n) is 6.00. The molecule has 1 atom stereocenters. The third-order valence-electron chi connectivity index (χ3n) is 4.56. The van der Waals surface area contributed by atoms with Gasteiger partial charge in [0.05, 0.1) is 11.5 Å². The number of aromatic nitrogens is 2. The molecule has 1 aromatic heterocycles. The number of carbonyl (C=O) groups excluding carboxylic acids is 1. The Kier molecular flexibility index (Phi) is 3.50. The van der Waals surface area contributed by atoms with Crippen LogP contribution in [-0.4, -0.2) is 34.0 Å². The Morgan fingerprint density at radius 2 is 2.30 bits per heavy atom. The smallest absolute Gasteiger partial charge is 0.231 e. The first kappa shape index (κ1) is 13.5. The van der Waals surface area contributed by atoms with Crippen molar-refractivity contribution >= 4 is 5.91 Å². The van der Waals surface area contributed by atoms with E-state index in [0.29, 0.717) is 24.7 Å². The molecule has 1 saturated heterocycles. The molecule has 20 heavy (non-hydrogen) atoms. The molecule has 2 fully saturated rings. The molecule has 0 spiro atoms. The van der Waals surface area contributed by atoms with Crippen LogP contribution in [0.25, 0.3) is 0 Å². The maximum atomic E-state index is 11.8. The van der Waals surface area contributed by atoms with E-state index in [-0.39, 0.29) is 17.4 Å². The van der Waals surface area contributed by atoms with Gasteiger partial charge in [-0.1, -0.05) is 12.1 Å². The molecule has 0 aromatic carbocycles. The maximum Gasteiger partial charge on any atom is 0.231 e. The van der Waals surface area contributed by atoms with Crippen molar-refractivity contribution in [1.82, 2.24) is 15.0 Å². The highest BCUT2D eigenvalue weighted by atomic mass is 16.5. The first-order chi connectivity index (χ1) is 9.62. The van der Waals surface area contributed by atoms with E-state index in [2.05, 4.69) is 10.1 Å². The lowest BCUT2D eigenvalue weighted by atomic mass is 9.77. The minimum absolute atomic E-state index is 0.157. The number of likely N-dealkylation sites (tertiary alicyclic amines) is 1. The van der Waals surface area contributed by atoms with Gasteiger partial charge in [-0.2, -0.15) is 4.98 Å². The lowest BCUT2D eigenvalue weighted by Gasteiger charge is -2.34. The highest BCUT2D eigenvalue weighted by Crippen LogP contribution is 2.37. The van der Waals surface area contributed by atoms with Crippen molar-refractivity contribution in [3.05, 3.63) is 11.7 Å². The standard InChI is InChI=1S/C14H22N4O2/c1-2-11(19)18-8-3-5-10(9-18)12-16-13(17-20-12)14(15)6-4-7-14/h10H,2-9,15H2,1H3. The normalized spacial score (nSPS) is 25.3. The Hall–Kier alpha value is -1.43. The van der Waals surface area contributed by atoms with Gasteiger partial charge in [0, 0.05) is 19.5 Å². The van der Waals surface area contributed by atoms with Crippen molar-refractivity contribution in [1.29, 1.82) is 0 Å². The molecule has 1 aromatic rings. The number of nitrogens with two attached hydrogens (primary N) is 1.